The molecule has 0 aliphatic carbocycles. The number of phenols is 1. The maximum absolute atomic E-state index is 9.57. The van der Waals surface area contributed by atoms with Gasteiger partial charge in [-0.3, -0.25) is 4.98 Å². The predicted molar refractivity (Wildman–Crippen MR) is 103 cm³/mol. The van der Waals surface area contributed by atoms with E-state index in [2.05, 4.69) is 4.98 Å². The lowest BCUT2D eigenvalue weighted by atomic mass is 9.96. The summed E-state index contributed by atoms with van der Waals surface area (Å²) in [7, 11) is 0. The molecular weight excluding hydrogens is 362 g/mol. The zero-order chi connectivity index (χ0) is 18.4. The fourth-order valence-electron chi connectivity index (χ4n) is 3.63. The van der Waals surface area contributed by atoms with Gasteiger partial charge in [0.1, 0.15) is 11.5 Å². The predicted octanol–water partition coefficient (Wildman–Crippen LogP) is 4.68. The molecule has 0 bridgehead atoms. The molecule has 0 saturated heterocycles. The number of hydrazone groups is 1. The molecule has 0 saturated carbocycles. The Balaban J connectivity index is 1.60. The Kier molecular flexibility index (Phi) is 3.76. The Morgan fingerprint density at radius 2 is 1.96 bits per heavy atom. The van der Waals surface area contributed by atoms with Crippen LogP contribution in [-0.4, -0.2) is 20.8 Å². The van der Waals surface area contributed by atoms with E-state index in [0.717, 1.165) is 34.6 Å². The molecule has 5 rings (SSSR count). The summed E-state index contributed by atoms with van der Waals surface area (Å²) in [6.45, 7) is 0. The summed E-state index contributed by atoms with van der Waals surface area (Å²) < 4.78 is 6.27. The Morgan fingerprint density at radius 3 is 2.74 bits per heavy atom. The van der Waals surface area contributed by atoms with E-state index in [4.69, 9.17) is 21.4 Å². The van der Waals surface area contributed by atoms with Gasteiger partial charge in [0.05, 0.1) is 11.8 Å². The van der Waals surface area contributed by atoms with Gasteiger partial charge >= 0.3 is 0 Å². The molecule has 2 atom stereocenters. The van der Waals surface area contributed by atoms with Crippen molar-refractivity contribution in [3.8, 4) is 11.5 Å². The molecule has 2 aliphatic heterocycles. The second-order valence-electron chi connectivity index (χ2n) is 6.63. The van der Waals surface area contributed by atoms with Crippen LogP contribution in [0.15, 0.2) is 72.1 Å². The minimum atomic E-state index is -0.355. The van der Waals surface area contributed by atoms with Gasteiger partial charge < -0.3 is 9.84 Å². The van der Waals surface area contributed by atoms with Gasteiger partial charge in [-0.15, -0.1) is 0 Å². The van der Waals surface area contributed by atoms with Crippen molar-refractivity contribution in [1.82, 2.24) is 9.99 Å². The highest BCUT2D eigenvalue weighted by Gasteiger charge is 2.41. The quantitative estimate of drug-likeness (QED) is 0.704. The molecule has 3 aromatic rings. The summed E-state index contributed by atoms with van der Waals surface area (Å²) in [6.07, 6.45) is 3.92. The summed E-state index contributed by atoms with van der Waals surface area (Å²) in [5.74, 6) is 1.06. The van der Waals surface area contributed by atoms with Crippen molar-refractivity contribution in [1.29, 1.82) is 0 Å². The number of aromatic hydroxyl groups is 1. The average molecular weight is 378 g/mol. The zero-order valence-electron chi connectivity index (χ0n) is 14.3. The average Bonchev–Trinajstić information content (AvgIpc) is 3.14. The maximum atomic E-state index is 9.57. The monoisotopic (exact) mass is 377 g/mol. The maximum Gasteiger partial charge on any atom is 0.215 e. The van der Waals surface area contributed by atoms with E-state index in [0.29, 0.717) is 5.02 Å². The van der Waals surface area contributed by atoms with Crippen LogP contribution in [0.4, 0.5) is 0 Å². The fourth-order valence-corrected chi connectivity index (χ4v) is 3.81. The molecule has 27 heavy (non-hydrogen) atoms. The zero-order valence-corrected chi connectivity index (χ0v) is 15.0. The van der Waals surface area contributed by atoms with Crippen molar-refractivity contribution in [2.45, 2.75) is 18.7 Å². The number of pyridine rings is 1. The summed E-state index contributed by atoms with van der Waals surface area (Å²) >= 11 is 6.24. The summed E-state index contributed by atoms with van der Waals surface area (Å²) in [5, 5.41) is 17.1. The number of benzene rings is 2. The number of aromatic nitrogens is 1. The molecule has 6 heteroatoms. The standard InChI is InChI=1S/C21H16ClN3O2/c22-15-5-8-20-17(10-15)19-11-18(13-3-6-16(26)7-4-13)24-25(19)21(27-20)14-2-1-9-23-12-14/h1-10,12,19,21,26H,11H2/t19-,21-/m1/s1. The fraction of sp³-hybridized carbons (Fsp3) is 0.143. The first-order chi connectivity index (χ1) is 13.2. The molecule has 1 aromatic heterocycles. The van der Waals surface area contributed by atoms with Gasteiger partial charge in [0, 0.05) is 35.0 Å². The largest absolute Gasteiger partial charge is 0.508 e. The minimum Gasteiger partial charge on any atom is -0.508 e. The normalized spacial score (nSPS) is 20.5. The number of phenolic OH excluding ortho intramolecular Hbond substituents is 1. The number of halogens is 1. The highest BCUT2D eigenvalue weighted by atomic mass is 35.5. The number of hydrogen-bond donors (Lipinski definition) is 1. The summed E-state index contributed by atoms with van der Waals surface area (Å²) in [4.78, 5) is 4.23. The van der Waals surface area contributed by atoms with Crippen LogP contribution in [0.2, 0.25) is 5.02 Å². The number of fused-ring (bicyclic) bond motifs is 3. The van der Waals surface area contributed by atoms with Crippen molar-refractivity contribution in [3.63, 3.8) is 0 Å². The number of rotatable bonds is 2. The molecule has 2 aromatic carbocycles. The van der Waals surface area contributed by atoms with E-state index in [-0.39, 0.29) is 18.0 Å². The Hall–Kier alpha value is -3.05. The molecular formula is C21H16ClN3O2. The van der Waals surface area contributed by atoms with Crippen molar-refractivity contribution in [2.24, 2.45) is 5.10 Å². The second-order valence-corrected chi connectivity index (χ2v) is 7.07. The Morgan fingerprint density at radius 1 is 1.11 bits per heavy atom. The van der Waals surface area contributed by atoms with Crippen LogP contribution in [0, 0.1) is 0 Å². The lowest BCUT2D eigenvalue weighted by Crippen LogP contribution is -2.33. The van der Waals surface area contributed by atoms with Crippen LogP contribution >= 0.6 is 11.6 Å². The second kappa shape index (κ2) is 6.28. The highest BCUT2D eigenvalue weighted by Crippen LogP contribution is 2.48. The number of hydrogen-bond acceptors (Lipinski definition) is 5. The van der Waals surface area contributed by atoms with Gasteiger partial charge in [0.25, 0.3) is 0 Å². The van der Waals surface area contributed by atoms with E-state index in [1.165, 1.54) is 0 Å². The van der Waals surface area contributed by atoms with Crippen LogP contribution < -0.4 is 4.74 Å². The topological polar surface area (TPSA) is 58.0 Å². The third-order valence-corrected chi connectivity index (χ3v) is 5.16. The Labute approximate surface area is 161 Å². The lowest BCUT2D eigenvalue weighted by Gasteiger charge is -2.38. The summed E-state index contributed by atoms with van der Waals surface area (Å²) in [6, 6.07) is 16.7. The first-order valence-corrected chi connectivity index (χ1v) is 9.08. The molecule has 134 valence electrons. The molecule has 0 radical (unpaired) electrons. The lowest BCUT2D eigenvalue weighted by molar-refractivity contribution is -0.0192. The smallest absolute Gasteiger partial charge is 0.215 e. The van der Waals surface area contributed by atoms with Crippen molar-refractivity contribution >= 4 is 17.3 Å². The molecule has 2 aliphatic rings. The first-order valence-electron chi connectivity index (χ1n) is 8.70. The third kappa shape index (κ3) is 2.80. The molecule has 0 amide bonds. The van der Waals surface area contributed by atoms with Gasteiger partial charge in [0.15, 0.2) is 0 Å². The number of nitrogens with zero attached hydrogens (tertiary/aromatic N) is 3. The molecule has 0 fully saturated rings. The first kappa shape index (κ1) is 16.1. The molecule has 0 spiro atoms. The van der Waals surface area contributed by atoms with Crippen molar-refractivity contribution < 1.29 is 9.84 Å². The minimum absolute atomic E-state index is 0.0291. The van der Waals surface area contributed by atoms with Crippen molar-refractivity contribution in [2.75, 3.05) is 0 Å². The van der Waals surface area contributed by atoms with Gasteiger partial charge in [-0.1, -0.05) is 17.7 Å². The van der Waals surface area contributed by atoms with E-state index in [1.807, 2.05) is 47.5 Å². The van der Waals surface area contributed by atoms with E-state index in [1.54, 1.807) is 24.5 Å². The van der Waals surface area contributed by atoms with Crippen molar-refractivity contribution in [3.05, 3.63) is 88.7 Å². The van der Waals surface area contributed by atoms with E-state index >= 15 is 0 Å². The van der Waals surface area contributed by atoms with Crippen LogP contribution in [0.3, 0.4) is 0 Å². The van der Waals surface area contributed by atoms with E-state index in [9.17, 15) is 5.11 Å². The molecule has 0 unspecified atom stereocenters. The molecule has 3 heterocycles. The van der Waals surface area contributed by atoms with Gasteiger partial charge in [0.2, 0.25) is 6.23 Å². The Bertz CT molecular complexity index is 1020. The van der Waals surface area contributed by atoms with Gasteiger partial charge in [-0.05, 0) is 54.1 Å². The SMILES string of the molecule is Oc1ccc(C2=NN3[C@H](C2)c2cc(Cl)ccc2O[C@@H]3c2cccnc2)cc1. The van der Waals surface area contributed by atoms with Crippen LogP contribution in [0.25, 0.3) is 0 Å². The molecule has 5 nitrogen and oxygen atoms in total. The van der Waals surface area contributed by atoms with Crippen LogP contribution in [0.5, 0.6) is 11.5 Å². The van der Waals surface area contributed by atoms with E-state index < -0.39 is 0 Å². The molecule has 1 N–H and O–H groups in total. The third-order valence-electron chi connectivity index (χ3n) is 4.92. The van der Waals surface area contributed by atoms with Crippen LogP contribution in [-0.2, 0) is 0 Å². The van der Waals surface area contributed by atoms with Gasteiger partial charge in [-0.2, -0.15) is 5.10 Å². The number of ether oxygens (including phenoxy) is 1. The van der Waals surface area contributed by atoms with Gasteiger partial charge in [-0.25, -0.2) is 5.01 Å². The van der Waals surface area contributed by atoms with Crippen LogP contribution in [0.1, 0.15) is 35.4 Å². The summed E-state index contributed by atoms with van der Waals surface area (Å²) in [5.41, 5.74) is 3.90. The highest BCUT2D eigenvalue weighted by molar-refractivity contribution is 6.30.